The summed E-state index contributed by atoms with van der Waals surface area (Å²) in [6.45, 7) is 2.32. The molecular weight excluding hydrogens is 330 g/mol. The van der Waals surface area contributed by atoms with Crippen LogP contribution in [0.25, 0.3) is 0 Å². The quantitative estimate of drug-likeness (QED) is 0.714. The van der Waals surface area contributed by atoms with Crippen LogP contribution >= 0.6 is 0 Å². The van der Waals surface area contributed by atoms with Crippen molar-refractivity contribution in [1.82, 2.24) is 5.32 Å². The highest BCUT2D eigenvalue weighted by Gasteiger charge is 2.53. The monoisotopic (exact) mass is 365 g/mol. The molecule has 27 heavy (non-hydrogen) atoms. The molecule has 5 fully saturated rings. The largest absolute Gasteiger partial charge is 0.353 e. The van der Waals surface area contributed by atoms with Crippen molar-refractivity contribution in [3.63, 3.8) is 0 Å². The smallest absolute Gasteiger partial charge is 0.228 e. The minimum absolute atomic E-state index is 0.0464. The second kappa shape index (κ2) is 6.94. The SMILES string of the molecule is C[C@@H](NC(=O)[C@H](c1ccccc1)C1CCCC1)C12CC3CC(CC(C3)C1)C2. The van der Waals surface area contributed by atoms with Crippen LogP contribution in [0.1, 0.15) is 82.6 Å². The van der Waals surface area contributed by atoms with Crippen molar-refractivity contribution < 1.29 is 4.79 Å². The third kappa shape index (κ3) is 3.23. The van der Waals surface area contributed by atoms with Crippen molar-refractivity contribution in [2.24, 2.45) is 29.1 Å². The molecule has 0 aliphatic heterocycles. The van der Waals surface area contributed by atoms with Crippen LogP contribution in [-0.4, -0.2) is 11.9 Å². The molecule has 5 aliphatic carbocycles. The minimum Gasteiger partial charge on any atom is -0.353 e. The standard InChI is InChI=1S/C25H35NO/c1-17(25-14-18-11-19(15-25)13-20(12-18)16-25)26-24(27)23(22-9-5-6-10-22)21-7-3-2-4-8-21/h2-4,7-8,17-20,22-23H,5-6,9-16H2,1H3,(H,26,27)/t17-,18?,19?,20?,23-,25?/m1/s1. The Morgan fingerprint density at radius 3 is 2.07 bits per heavy atom. The van der Waals surface area contributed by atoms with Gasteiger partial charge in [-0.3, -0.25) is 4.79 Å². The van der Waals surface area contributed by atoms with Crippen molar-refractivity contribution in [3.05, 3.63) is 35.9 Å². The van der Waals surface area contributed by atoms with Gasteiger partial charge in [0.1, 0.15) is 0 Å². The summed E-state index contributed by atoms with van der Waals surface area (Å²) in [7, 11) is 0. The summed E-state index contributed by atoms with van der Waals surface area (Å²) in [6.07, 6.45) is 13.5. The molecule has 1 aromatic rings. The zero-order valence-corrected chi connectivity index (χ0v) is 16.8. The number of benzene rings is 1. The van der Waals surface area contributed by atoms with Crippen molar-refractivity contribution in [2.45, 2.75) is 83.1 Å². The fourth-order valence-corrected chi connectivity index (χ4v) is 7.75. The Balaban J connectivity index is 1.35. The number of rotatable bonds is 5. The van der Waals surface area contributed by atoms with Gasteiger partial charge in [0.25, 0.3) is 0 Å². The summed E-state index contributed by atoms with van der Waals surface area (Å²) >= 11 is 0. The molecule has 1 amide bonds. The van der Waals surface area contributed by atoms with Gasteiger partial charge in [-0.15, -0.1) is 0 Å². The van der Waals surface area contributed by atoms with Gasteiger partial charge >= 0.3 is 0 Å². The molecule has 2 heteroatoms. The molecule has 0 aromatic heterocycles. The summed E-state index contributed by atoms with van der Waals surface area (Å²) in [6, 6.07) is 10.9. The highest BCUT2D eigenvalue weighted by Crippen LogP contribution is 2.61. The first kappa shape index (κ1) is 17.8. The lowest BCUT2D eigenvalue weighted by molar-refractivity contribution is -0.128. The number of amides is 1. The second-order valence-corrected chi connectivity index (χ2v) is 10.4. The third-order valence-corrected chi connectivity index (χ3v) is 8.68. The average molecular weight is 366 g/mol. The number of carbonyl (C=O) groups excluding carboxylic acids is 1. The molecule has 0 heterocycles. The Morgan fingerprint density at radius 1 is 0.963 bits per heavy atom. The topological polar surface area (TPSA) is 29.1 Å². The maximum atomic E-state index is 13.5. The second-order valence-electron chi connectivity index (χ2n) is 10.4. The van der Waals surface area contributed by atoms with E-state index in [1.54, 1.807) is 0 Å². The number of carbonyl (C=O) groups is 1. The molecule has 2 nitrogen and oxygen atoms in total. The Kier molecular flexibility index (Phi) is 4.57. The highest BCUT2D eigenvalue weighted by molar-refractivity contribution is 5.84. The molecule has 0 spiro atoms. The van der Waals surface area contributed by atoms with Gasteiger partial charge in [0.05, 0.1) is 5.92 Å². The van der Waals surface area contributed by atoms with Gasteiger partial charge in [-0.1, -0.05) is 43.2 Å². The molecule has 1 aromatic carbocycles. The Hall–Kier alpha value is -1.31. The lowest BCUT2D eigenvalue weighted by Gasteiger charge is -2.59. The molecule has 0 saturated heterocycles. The van der Waals surface area contributed by atoms with Crippen molar-refractivity contribution in [3.8, 4) is 0 Å². The van der Waals surface area contributed by atoms with Crippen molar-refractivity contribution in [1.29, 1.82) is 0 Å². The lowest BCUT2D eigenvalue weighted by Crippen LogP contribution is -2.56. The maximum absolute atomic E-state index is 13.5. The van der Waals surface area contributed by atoms with Gasteiger partial charge < -0.3 is 5.32 Å². The van der Waals surface area contributed by atoms with Crippen LogP contribution in [0.3, 0.4) is 0 Å². The van der Waals surface area contributed by atoms with Crippen LogP contribution in [0.4, 0.5) is 0 Å². The number of hydrogen-bond acceptors (Lipinski definition) is 1. The lowest BCUT2D eigenvalue weighted by atomic mass is 9.48. The predicted molar refractivity (Wildman–Crippen MR) is 109 cm³/mol. The number of hydrogen-bond donors (Lipinski definition) is 1. The van der Waals surface area contributed by atoms with E-state index in [2.05, 4.69) is 42.6 Å². The van der Waals surface area contributed by atoms with E-state index < -0.39 is 0 Å². The van der Waals surface area contributed by atoms with Crippen molar-refractivity contribution >= 4 is 5.91 Å². The molecule has 5 saturated carbocycles. The van der Waals surface area contributed by atoms with Crippen LogP contribution in [-0.2, 0) is 4.79 Å². The van der Waals surface area contributed by atoms with Gasteiger partial charge in [-0.2, -0.15) is 0 Å². The molecular formula is C25H35NO. The Labute approximate surface area is 164 Å². The fourth-order valence-electron chi connectivity index (χ4n) is 7.75. The van der Waals surface area contributed by atoms with Crippen LogP contribution in [0.2, 0.25) is 0 Å². The summed E-state index contributed by atoms with van der Waals surface area (Å²) in [5, 5.41) is 3.57. The van der Waals surface area contributed by atoms with E-state index in [9.17, 15) is 4.79 Å². The first-order valence-electron chi connectivity index (χ1n) is 11.5. The molecule has 4 bridgehead atoms. The van der Waals surface area contributed by atoms with E-state index in [-0.39, 0.29) is 5.92 Å². The fraction of sp³-hybridized carbons (Fsp3) is 0.720. The molecule has 6 rings (SSSR count). The first-order chi connectivity index (χ1) is 13.1. The molecule has 2 atom stereocenters. The van der Waals surface area contributed by atoms with Gasteiger partial charge in [0, 0.05) is 6.04 Å². The minimum atomic E-state index is 0.0464. The van der Waals surface area contributed by atoms with Crippen LogP contribution < -0.4 is 5.32 Å². The summed E-state index contributed by atoms with van der Waals surface area (Å²) in [5.74, 6) is 3.69. The summed E-state index contributed by atoms with van der Waals surface area (Å²) in [5.41, 5.74) is 1.61. The molecule has 1 N–H and O–H groups in total. The van der Waals surface area contributed by atoms with Crippen LogP contribution in [0.5, 0.6) is 0 Å². The Bertz CT molecular complexity index is 640. The van der Waals surface area contributed by atoms with E-state index in [1.165, 1.54) is 69.8 Å². The molecule has 0 radical (unpaired) electrons. The van der Waals surface area contributed by atoms with Gasteiger partial charge in [0.15, 0.2) is 0 Å². The van der Waals surface area contributed by atoms with Crippen LogP contribution in [0, 0.1) is 29.1 Å². The van der Waals surface area contributed by atoms with E-state index in [0.717, 1.165) is 17.8 Å². The van der Waals surface area contributed by atoms with E-state index >= 15 is 0 Å². The zero-order valence-electron chi connectivity index (χ0n) is 16.8. The third-order valence-electron chi connectivity index (χ3n) is 8.68. The normalized spacial score (nSPS) is 37.3. The highest BCUT2D eigenvalue weighted by atomic mass is 16.2. The Morgan fingerprint density at radius 2 is 1.52 bits per heavy atom. The predicted octanol–water partition coefficient (Wildman–Crippen LogP) is 5.68. The van der Waals surface area contributed by atoms with Gasteiger partial charge in [0.2, 0.25) is 5.91 Å². The molecule has 146 valence electrons. The summed E-state index contributed by atoms with van der Waals surface area (Å²) < 4.78 is 0. The first-order valence-corrected chi connectivity index (χ1v) is 11.5. The number of nitrogens with one attached hydrogen (secondary N) is 1. The summed E-state index contributed by atoms with van der Waals surface area (Å²) in [4.78, 5) is 13.5. The van der Waals surface area contributed by atoms with Crippen molar-refractivity contribution in [2.75, 3.05) is 0 Å². The van der Waals surface area contributed by atoms with E-state index in [4.69, 9.17) is 0 Å². The van der Waals surface area contributed by atoms with E-state index in [0.29, 0.717) is 23.3 Å². The van der Waals surface area contributed by atoms with E-state index in [1.807, 2.05) is 0 Å². The van der Waals surface area contributed by atoms with Gasteiger partial charge in [-0.25, -0.2) is 0 Å². The average Bonchev–Trinajstić information content (AvgIpc) is 3.16. The molecule has 5 aliphatic rings. The maximum Gasteiger partial charge on any atom is 0.228 e. The van der Waals surface area contributed by atoms with Gasteiger partial charge in [-0.05, 0) is 92.9 Å². The zero-order chi connectivity index (χ0) is 18.4. The molecule has 0 unspecified atom stereocenters. The van der Waals surface area contributed by atoms with Crippen LogP contribution in [0.15, 0.2) is 30.3 Å².